The van der Waals surface area contributed by atoms with Crippen molar-refractivity contribution in [3.05, 3.63) is 34.9 Å². The van der Waals surface area contributed by atoms with Crippen molar-refractivity contribution in [1.82, 2.24) is 15.1 Å². The molecule has 0 radical (unpaired) electrons. The lowest BCUT2D eigenvalue weighted by Crippen LogP contribution is -2.11. The summed E-state index contributed by atoms with van der Waals surface area (Å²) in [6.07, 6.45) is 0. The summed E-state index contributed by atoms with van der Waals surface area (Å²) in [4.78, 5) is 8.98. The summed E-state index contributed by atoms with van der Waals surface area (Å²) >= 11 is 9.22. The molecule has 0 atom stereocenters. The van der Waals surface area contributed by atoms with Gasteiger partial charge >= 0.3 is 0 Å². The molecule has 4 nitrogen and oxygen atoms in total. The average molecular weight is 340 g/mol. The van der Waals surface area contributed by atoms with Crippen molar-refractivity contribution in [3.63, 3.8) is 0 Å². The molecule has 0 amide bonds. The van der Waals surface area contributed by atoms with Gasteiger partial charge in [-0.05, 0) is 18.2 Å². The van der Waals surface area contributed by atoms with E-state index in [1.54, 1.807) is 23.1 Å². The molecule has 7 heteroatoms. The van der Waals surface area contributed by atoms with E-state index in [0.717, 1.165) is 14.6 Å². The van der Waals surface area contributed by atoms with E-state index in [2.05, 4.69) is 35.9 Å². The minimum Gasteiger partial charge on any atom is -0.339 e. The van der Waals surface area contributed by atoms with Crippen LogP contribution in [0.2, 0.25) is 5.02 Å². The summed E-state index contributed by atoms with van der Waals surface area (Å²) in [6.45, 7) is 6.15. The summed E-state index contributed by atoms with van der Waals surface area (Å²) in [6, 6.07) is 5.75. The van der Waals surface area contributed by atoms with Crippen LogP contribution in [-0.4, -0.2) is 15.1 Å². The molecule has 0 aliphatic heterocycles. The largest absolute Gasteiger partial charge is 0.339 e. The van der Waals surface area contributed by atoms with Crippen molar-refractivity contribution < 1.29 is 4.52 Å². The number of thioether (sulfide) groups is 1. The SMILES string of the molecule is CC(C)(C)c1nc(CSc2nc3cc(Cl)ccc3s2)no1. The van der Waals surface area contributed by atoms with Gasteiger partial charge in [0.05, 0.1) is 16.0 Å². The van der Waals surface area contributed by atoms with Gasteiger partial charge < -0.3 is 4.52 Å². The van der Waals surface area contributed by atoms with E-state index < -0.39 is 0 Å². The van der Waals surface area contributed by atoms with Crippen molar-refractivity contribution in [2.24, 2.45) is 0 Å². The number of fused-ring (bicyclic) bond motifs is 1. The fourth-order valence-electron chi connectivity index (χ4n) is 1.68. The molecule has 110 valence electrons. The predicted octanol–water partition coefficient (Wildman–Crippen LogP) is 4.92. The molecular weight excluding hydrogens is 326 g/mol. The Balaban J connectivity index is 1.73. The first kappa shape index (κ1) is 14.8. The third kappa shape index (κ3) is 3.39. The van der Waals surface area contributed by atoms with Gasteiger partial charge in [-0.2, -0.15) is 4.98 Å². The highest BCUT2D eigenvalue weighted by Gasteiger charge is 2.21. The normalized spacial score (nSPS) is 12.2. The number of halogens is 1. The van der Waals surface area contributed by atoms with Gasteiger partial charge in [0, 0.05) is 10.4 Å². The second-order valence-corrected chi connectivity index (χ2v) is 8.34. The Kier molecular flexibility index (Phi) is 3.94. The Bertz CT molecular complexity index is 776. The highest BCUT2D eigenvalue weighted by atomic mass is 35.5. The van der Waals surface area contributed by atoms with Gasteiger partial charge in [-0.3, -0.25) is 0 Å². The van der Waals surface area contributed by atoms with Crippen molar-refractivity contribution >= 4 is 44.9 Å². The number of thiazole rings is 1. The molecular formula is C14H14ClN3OS2. The van der Waals surface area contributed by atoms with Crippen molar-refractivity contribution in [3.8, 4) is 0 Å². The van der Waals surface area contributed by atoms with E-state index in [1.165, 1.54) is 0 Å². The van der Waals surface area contributed by atoms with Crippen molar-refractivity contribution in [1.29, 1.82) is 0 Å². The Morgan fingerprint density at radius 2 is 2.10 bits per heavy atom. The Labute approximate surface area is 135 Å². The fourth-order valence-corrected chi connectivity index (χ4v) is 3.74. The van der Waals surface area contributed by atoms with E-state index in [9.17, 15) is 0 Å². The molecule has 3 aromatic rings. The van der Waals surface area contributed by atoms with E-state index in [1.807, 2.05) is 18.2 Å². The van der Waals surface area contributed by atoms with E-state index in [4.69, 9.17) is 16.1 Å². The van der Waals surface area contributed by atoms with Crippen LogP contribution in [0.25, 0.3) is 10.2 Å². The number of benzene rings is 1. The quantitative estimate of drug-likeness (QED) is 0.634. The third-order valence-corrected chi connectivity index (χ3v) is 5.17. The topological polar surface area (TPSA) is 51.8 Å². The maximum Gasteiger partial charge on any atom is 0.232 e. The molecule has 0 spiro atoms. The second-order valence-electron chi connectivity index (χ2n) is 5.65. The second kappa shape index (κ2) is 5.59. The summed E-state index contributed by atoms with van der Waals surface area (Å²) in [5, 5.41) is 4.72. The number of hydrogen-bond donors (Lipinski definition) is 0. The molecule has 0 aliphatic rings. The molecule has 1 aromatic carbocycles. The lowest BCUT2D eigenvalue weighted by Gasteiger charge is -2.10. The molecule has 0 saturated heterocycles. The predicted molar refractivity (Wildman–Crippen MR) is 87.2 cm³/mol. The summed E-state index contributed by atoms with van der Waals surface area (Å²) in [5.41, 5.74) is 0.807. The molecule has 2 heterocycles. The van der Waals surface area contributed by atoms with Crippen LogP contribution in [-0.2, 0) is 11.2 Å². The first-order chi connectivity index (χ1) is 9.91. The molecule has 0 saturated carbocycles. The van der Waals surface area contributed by atoms with E-state index in [0.29, 0.717) is 22.5 Å². The standard InChI is InChI=1S/C14H14ClN3OS2/c1-14(2,3)12-17-11(18-19-12)7-20-13-16-9-6-8(15)4-5-10(9)21-13/h4-6H,7H2,1-3H3. The van der Waals surface area contributed by atoms with E-state index in [-0.39, 0.29) is 5.41 Å². The van der Waals surface area contributed by atoms with Crippen molar-refractivity contribution in [2.45, 2.75) is 36.3 Å². The van der Waals surface area contributed by atoms with Gasteiger partial charge in [0.2, 0.25) is 5.89 Å². The molecule has 0 fully saturated rings. The van der Waals surface area contributed by atoms with Crippen molar-refractivity contribution in [2.75, 3.05) is 0 Å². The molecule has 0 aliphatic carbocycles. The number of rotatable bonds is 3. The molecule has 21 heavy (non-hydrogen) atoms. The minimum absolute atomic E-state index is 0.122. The van der Waals surface area contributed by atoms with E-state index >= 15 is 0 Å². The van der Waals surface area contributed by atoms with Crippen LogP contribution in [0, 0.1) is 0 Å². The van der Waals surface area contributed by atoms with Crippen LogP contribution >= 0.6 is 34.7 Å². The van der Waals surface area contributed by atoms with Crippen LogP contribution in [0.1, 0.15) is 32.5 Å². The lowest BCUT2D eigenvalue weighted by molar-refractivity contribution is 0.319. The monoisotopic (exact) mass is 339 g/mol. The van der Waals surface area contributed by atoms with Gasteiger partial charge in [-0.25, -0.2) is 4.98 Å². The number of aromatic nitrogens is 3. The number of nitrogens with zero attached hydrogens (tertiary/aromatic N) is 3. The maximum atomic E-state index is 5.97. The summed E-state index contributed by atoms with van der Waals surface area (Å²) < 4.78 is 7.39. The Morgan fingerprint density at radius 3 is 2.81 bits per heavy atom. The van der Waals surface area contributed by atoms with Gasteiger partial charge in [0.25, 0.3) is 0 Å². The molecule has 0 unspecified atom stereocenters. The van der Waals surface area contributed by atoms with Crippen LogP contribution in [0.4, 0.5) is 0 Å². The van der Waals surface area contributed by atoms with Gasteiger partial charge in [-0.1, -0.05) is 49.3 Å². The minimum atomic E-state index is -0.122. The van der Waals surface area contributed by atoms with Crippen LogP contribution < -0.4 is 0 Å². The molecule has 0 bridgehead atoms. The molecule has 3 rings (SSSR count). The van der Waals surface area contributed by atoms with Gasteiger partial charge in [-0.15, -0.1) is 11.3 Å². The highest BCUT2D eigenvalue weighted by molar-refractivity contribution is 8.00. The maximum absolute atomic E-state index is 5.97. The van der Waals surface area contributed by atoms with Gasteiger partial charge in [0.15, 0.2) is 10.2 Å². The zero-order chi connectivity index (χ0) is 15.0. The third-order valence-electron chi connectivity index (χ3n) is 2.76. The van der Waals surface area contributed by atoms with Crippen LogP contribution in [0.3, 0.4) is 0 Å². The smallest absolute Gasteiger partial charge is 0.232 e. The Morgan fingerprint density at radius 1 is 1.29 bits per heavy atom. The van der Waals surface area contributed by atoms with Crippen LogP contribution in [0.15, 0.2) is 27.1 Å². The first-order valence-electron chi connectivity index (χ1n) is 6.44. The zero-order valence-electron chi connectivity index (χ0n) is 11.9. The van der Waals surface area contributed by atoms with Crippen LogP contribution in [0.5, 0.6) is 0 Å². The average Bonchev–Trinajstić information content (AvgIpc) is 3.01. The summed E-state index contributed by atoms with van der Waals surface area (Å²) in [7, 11) is 0. The zero-order valence-corrected chi connectivity index (χ0v) is 14.3. The first-order valence-corrected chi connectivity index (χ1v) is 8.62. The highest BCUT2D eigenvalue weighted by Crippen LogP contribution is 2.32. The Hall–Kier alpha value is -1.11. The summed E-state index contributed by atoms with van der Waals surface area (Å²) in [5.74, 6) is 2.00. The fraction of sp³-hybridized carbons (Fsp3) is 0.357. The molecule has 0 N–H and O–H groups in total. The lowest BCUT2D eigenvalue weighted by atomic mass is 9.97. The van der Waals surface area contributed by atoms with Gasteiger partial charge in [0.1, 0.15) is 0 Å². The number of hydrogen-bond acceptors (Lipinski definition) is 6. The molecule has 2 aromatic heterocycles.